The highest BCUT2D eigenvalue weighted by atomic mass is 19.1. The lowest BCUT2D eigenvalue weighted by Gasteiger charge is -2.25. The molecular formula is C16H16F2N2. The molecule has 0 aromatic heterocycles. The minimum absolute atomic E-state index is 0.0192. The monoisotopic (exact) mass is 274 g/mol. The lowest BCUT2D eigenvalue weighted by molar-refractivity contribution is 0.584. The summed E-state index contributed by atoms with van der Waals surface area (Å²) in [7, 11) is 0. The molecule has 0 radical (unpaired) electrons. The van der Waals surface area contributed by atoms with E-state index < -0.39 is 11.6 Å². The topological polar surface area (TPSA) is 29.3 Å². The average molecular weight is 274 g/mol. The molecule has 0 bridgehead atoms. The van der Waals surface area contributed by atoms with Crippen LogP contribution in [0.15, 0.2) is 36.4 Å². The van der Waals surface area contributed by atoms with Gasteiger partial charge in [-0.15, -0.1) is 0 Å². The smallest absolute Gasteiger partial charge is 0.151 e. The van der Waals surface area contributed by atoms with Crippen LogP contribution in [0.5, 0.6) is 0 Å². The molecule has 1 aliphatic heterocycles. The predicted octanol–water partition coefficient (Wildman–Crippen LogP) is 3.50. The molecule has 4 heteroatoms. The molecule has 20 heavy (non-hydrogen) atoms. The third kappa shape index (κ3) is 2.33. The first kappa shape index (κ1) is 12.9. The van der Waals surface area contributed by atoms with Crippen molar-refractivity contribution in [1.82, 2.24) is 0 Å². The van der Waals surface area contributed by atoms with Gasteiger partial charge in [-0.25, -0.2) is 8.78 Å². The van der Waals surface area contributed by atoms with Crippen molar-refractivity contribution in [3.05, 3.63) is 59.2 Å². The third-order valence-electron chi connectivity index (χ3n) is 3.77. The van der Waals surface area contributed by atoms with E-state index in [0.29, 0.717) is 12.2 Å². The molecule has 2 aromatic rings. The van der Waals surface area contributed by atoms with Crippen molar-refractivity contribution in [2.75, 3.05) is 17.2 Å². The zero-order chi connectivity index (χ0) is 14.1. The largest absolute Gasteiger partial charge is 0.395 e. The summed E-state index contributed by atoms with van der Waals surface area (Å²) in [4.78, 5) is 1.95. The Morgan fingerprint density at radius 3 is 2.60 bits per heavy atom. The van der Waals surface area contributed by atoms with Crippen molar-refractivity contribution in [3.63, 3.8) is 0 Å². The number of hydrogen-bond acceptors (Lipinski definition) is 2. The number of halogens is 2. The molecule has 0 unspecified atom stereocenters. The molecule has 1 heterocycles. The zero-order valence-electron chi connectivity index (χ0n) is 11.1. The lowest BCUT2D eigenvalue weighted by atomic mass is 10.0. The van der Waals surface area contributed by atoms with Crippen LogP contribution < -0.4 is 10.6 Å². The molecule has 0 spiro atoms. The van der Waals surface area contributed by atoms with Crippen LogP contribution >= 0.6 is 0 Å². The average Bonchev–Trinajstić information content (AvgIpc) is 2.64. The zero-order valence-corrected chi connectivity index (χ0v) is 11.1. The molecule has 2 aromatic carbocycles. The highest BCUT2D eigenvalue weighted by Crippen LogP contribution is 2.31. The maximum Gasteiger partial charge on any atom is 0.151 e. The Bertz CT molecular complexity index is 640. The van der Waals surface area contributed by atoms with Crippen LogP contribution in [0, 0.1) is 11.6 Å². The Labute approximate surface area is 116 Å². The summed E-state index contributed by atoms with van der Waals surface area (Å²) >= 11 is 0. The van der Waals surface area contributed by atoms with E-state index >= 15 is 0 Å². The molecule has 1 aliphatic rings. The van der Waals surface area contributed by atoms with E-state index in [2.05, 4.69) is 12.1 Å². The fourth-order valence-electron chi connectivity index (χ4n) is 2.74. The molecule has 0 saturated carbocycles. The second kappa shape index (κ2) is 5.12. The highest BCUT2D eigenvalue weighted by Gasteiger charge is 2.18. The van der Waals surface area contributed by atoms with Crippen LogP contribution in [0.4, 0.5) is 20.2 Å². The number of aryl methyl sites for hydroxylation is 1. The van der Waals surface area contributed by atoms with E-state index in [0.717, 1.165) is 25.5 Å². The number of nitrogens with zero attached hydrogens (tertiary/aromatic N) is 1. The van der Waals surface area contributed by atoms with Gasteiger partial charge < -0.3 is 10.6 Å². The fourth-order valence-corrected chi connectivity index (χ4v) is 2.74. The van der Waals surface area contributed by atoms with Gasteiger partial charge in [-0.1, -0.05) is 24.3 Å². The van der Waals surface area contributed by atoms with E-state index in [-0.39, 0.29) is 5.69 Å². The minimum atomic E-state index is -0.697. The van der Waals surface area contributed by atoms with Crippen molar-refractivity contribution in [2.45, 2.75) is 19.4 Å². The molecule has 0 saturated heterocycles. The van der Waals surface area contributed by atoms with E-state index in [4.69, 9.17) is 5.73 Å². The van der Waals surface area contributed by atoms with E-state index in [1.54, 1.807) is 0 Å². The van der Waals surface area contributed by atoms with Gasteiger partial charge in [-0.3, -0.25) is 0 Å². The van der Waals surface area contributed by atoms with Gasteiger partial charge in [0.25, 0.3) is 0 Å². The van der Waals surface area contributed by atoms with E-state index in [1.807, 2.05) is 17.0 Å². The number of hydrogen-bond donors (Lipinski definition) is 1. The standard InChI is InChI=1S/C16H16F2N2/c17-13-8-14(18)16(19)15(9-13)20-7-3-6-11-4-1-2-5-12(11)10-20/h1-2,4-5,8-9H,3,6-7,10,19H2. The van der Waals surface area contributed by atoms with Gasteiger partial charge in [0.1, 0.15) is 5.82 Å². The SMILES string of the molecule is Nc1c(F)cc(F)cc1N1CCCc2ccccc2C1. The summed E-state index contributed by atoms with van der Waals surface area (Å²) in [5.74, 6) is -1.29. The van der Waals surface area contributed by atoms with Gasteiger partial charge in [0.05, 0.1) is 11.4 Å². The first-order valence-electron chi connectivity index (χ1n) is 6.71. The highest BCUT2D eigenvalue weighted by molar-refractivity contribution is 5.68. The molecule has 0 atom stereocenters. The minimum Gasteiger partial charge on any atom is -0.395 e. The summed E-state index contributed by atoms with van der Waals surface area (Å²) in [6.45, 7) is 1.37. The number of nitrogens with two attached hydrogens (primary N) is 1. The maximum atomic E-state index is 13.6. The van der Waals surface area contributed by atoms with Crippen LogP contribution in [0.25, 0.3) is 0 Å². The number of fused-ring (bicyclic) bond motifs is 1. The molecular weight excluding hydrogens is 258 g/mol. The van der Waals surface area contributed by atoms with Crippen LogP contribution in [0.1, 0.15) is 17.5 Å². The van der Waals surface area contributed by atoms with Gasteiger partial charge in [0.2, 0.25) is 0 Å². The Kier molecular flexibility index (Phi) is 3.30. The molecule has 2 nitrogen and oxygen atoms in total. The quantitative estimate of drug-likeness (QED) is 0.806. The molecule has 0 aliphatic carbocycles. The third-order valence-corrected chi connectivity index (χ3v) is 3.77. The Morgan fingerprint density at radius 1 is 1.05 bits per heavy atom. The first-order valence-corrected chi connectivity index (χ1v) is 6.71. The van der Waals surface area contributed by atoms with E-state index in [9.17, 15) is 8.78 Å². The first-order chi connectivity index (χ1) is 9.65. The van der Waals surface area contributed by atoms with Gasteiger partial charge in [-0.05, 0) is 30.0 Å². The summed E-state index contributed by atoms with van der Waals surface area (Å²) in [6, 6.07) is 10.3. The molecule has 0 fully saturated rings. The Balaban J connectivity index is 1.99. The van der Waals surface area contributed by atoms with Crippen molar-refractivity contribution in [2.24, 2.45) is 0 Å². The Morgan fingerprint density at radius 2 is 1.80 bits per heavy atom. The van der Waals surface area contributed by atoms with Crippen LogP contribution in [0.2, 0.25) is 0 Å². The second-order valence-corrected chi connectivity index (χ2v) is 5.11. The van der Waals surface area contributed by atoms with Crippen LogP contribution in [0.3, 0.4) is 0 Å². The number of anilines is 2. The number of rotatable bonds is 1. The predicted molar refractivity (Wildman–Crippen MR) is 76.6 cm³/mol. The van der Waals surface area contributed by atoms with Crippen molar-refractivity contribution >= 4 is 11.4 Å². The molecule has 2 N–H and O–H groups in total. The Hall–Kier alpha value is -2.10. The molecule has 0 amide bonds. The van der Waals surface area contributed by atoms with Gasteiger partial charge in [0, 0.05) is 19.2 Å². The van der Waals surface area contributed by atoms with E-state index in [1.165, 1.54) is 17.2 Å². The van der Waals surface area contributed by atoms with Gasteiger partial charge in [-0.2, -0.15) is 0 Å². The number of benzene rings is 2. The van der Waals surface area contributed by atoms with Crippen molar-refractivity contribution < 1.29 is 8.78 Å². The lowest BCUT2D eigenvalue weighted by Crippen LogP contribution is -2.24. The summed E-state index contributed by atoms with van der Waals surface area (Å²) in [6.07, 6.45) is 1.92. The fraction of sp³-hybridized carbons (Fsp3) is 0.250. The second-order valence-electron chi connectivity index (χ2n) is 5.11. The summed E-state index contributed by atoms with van der Waals surface area (Å²) < 4.78 is 27.0. The summed E-state index contributed by atoms with van der Waals surface area (Å²) in [5, 5.41) is 0. The van der Waals surface area contributed by atoms with Crippen LogP contribution in [-0.2, 0) is 13.0 Å². The van der Waals surface area contributed by atoms with Gasteiger partial charge in [0.15, 0.2) is 5.82 Å². The summed E-state index contributed by atoms with van der Waals surface area (Å²) in [5.41, 5.74) is 8.72. The molecule has 3 rings (SSSR count). The van der Waals surface area contributed by atoms with Crippen molar-refractivity contribution in [3.8, 4) is 0 Å². The number of nitrogen functional groups attached to an aromatic ring is 1. The van der Waals surface area contributed by atoms with Crippen LogP contribution in [-0.4, -0.2) is 6.54 Å². The van der Waals surface area contributed by atoms with Gasteiger partial charge >= 0.3 is 0 Å². The normalized spacial score (nSPS) is 14.8. The van der Waals surface area contributed by atoms with Crippen molar-refractivity contribution in [1.29, 1.82) is 0 Å². The maximum absolute atomic E-state index is 13.6. The molecule has 104 valence electrons.